The predicted octanol–water partition coefficient (Wildman–Crippen LogP) is 3.60. The van der Waals surface area contributed by atoms with Gasteiger partial charge in [0.2, 0.25) is 11.8 Å². The average molecular weight is 413 g/mol. The van der Waals surface area contributed by atoms with Gasteiger partial charge in [0, 0.05) is 23.8 Å². The lowest BCUT2D eigenvalue weighted by molar-refractivity contribution is -0.117. The van der Waals surface area contributed by atoms with Crippen molar-refractivity contribution in [3.8, 4) is 11.3 Å². The van der Waals surface area contributed by atoms with Crippen LogP contribution in [-0.2, 0) is 28.9 Å². The quantitative estimate of drug-likeness (QED) is 0.558. The molecule has 8 heteroatoms. The first-order chi connectivity index (χ1) is 13.9. The minimum atomic E-state index is -0.456. The van der Waals surface area contributed by atoms with Crippen LogP contribution in [0.1, 0.15) is 37.4 Å². The van der Waals surface area contributed by atoms with Gasteiger partial charge in [-0.05, 0) is 17.9 Å². The number of amides is 2. The lowest BCUT2D eigenvalue weighted by Crippen LogP contribution is -2.14. The molecule has 2 aromatic heterocycles. The molecule has 0 aliphatic carbocycles. The molecule has 3 N–H and O–H groups in total. The number of hydrogen-bond donors (Lipinski definition) is 2. The molecule has 0 unspecified atom stereocenters. The van der Waals surface area contributed by atoms with Crippen molar-refractivity contribution < 1.29 is 14.0 Å². The van der Waals surface area contributed by atoms with Crippen molar-refractivity contribution in [2.45, 2.75) is 39.5 Å². The Morgan fingerprint density at radius 2 is 2.00 bits per heavy atom. The van der Waals surface area contributed by atoms with E-state index in [1.54, 1.807) is 11.6 Å². The van der Waals surface area contributed by atoms with Crippen molar-refractivity contribution in [3.05, 3.63) is 53.0 Å². The van der Waals surface area contributed by atoms with E-state index < -0.39 is 5.91 Å². The second-order valence-corrected chi connectivity index (χ2v) is 8.11. The third kappa shape index (κ3) is 6.25. The van der Waals surface area contributed by atoms with E-state index in [2.05, 4.69) is 41.3 Å². The molecule has 0 aliphatic heterocycles. The van der Waals surface area contributed by atoms with Crippen molar-refractivity contribution in [1.82, 2.24) is 9.97 Å². The van der Waals surface area contributed by atoms with Crippen LogP contribution >= 0.6 is 11.3 Å². The molecule has 0 atom stereocenters. The van der Waals surface area contributed by atoms with Crippen molar-refractivity contribution in [2.75, 3.05) is 5.32 Å². The highest BCUT2D eigenvalue weighted by Crippen LogP contribution is 2.22. The van der Waals surface area contributed by atoms with Gasteiger partial charge < -0.3 is 15.5 Å². The number of carbonyl (C=O) groups is 2. The second-order valence-electron chi connectivity index (χ2n) is 7.25. The maximum atomic E-state index is 12.1. The normalized spacial score (nSPS) is 11.0. The molecule has 0 saturated heterocycles. The highest BCUT2D eigenvalue weighted by atomic mass is 32.1. The van der Waals surface area contributed by atoms with E-state index >= 15 is 0 Å². The van der Waals surface area contributed by atoms with Crippen LogP contribution < -0.4 is 11.1 Å². The fraction of sp³-hybridized carbons (Fsp3) is 0.333. The lowest BCUT2D eigenvalue weighted by Gasteiger charge is -2.05. The Balaban J connectivity index is 1.51. The molecule has 2 heterocycles. The number of aryl methyl sites for hydroxylation is 1. The minimum absolute atomic E-state index is 0.0594. The van der Waals surface area contributed by atoms with Crippen LogP contribution in [0.2, 0.25) is 0 Å². The van der Waals surface area contributed by atoms with Crippen molar-refractivity contribution >= 4 is 28.3 Å². The van der Waals surface area contributed by atoms with Crippen LogP contribution in [0.4, 0.5) is 5.13 Å². The molecule has 1 aromatic carbocycles. The third-order valence-electron chi connectivity index (χ3n) is 4.16. The zero-order valence-electron chi connectivity index (χ0n) is 16.5. The molecular weight excluding hydrogens is 388 g/mol. The average Bonchev–Trinajstić information content (AvgIpc) is 3.29. The van der Waals surface area contributed by atoms with Gasteiger partial charge in [-0.3, -0.25) is 9.59 Å². The van der Waals surface area contributed by atoms with Gasteiger partial charge in [-0.2, -0.15) is 0 Å². The van der Waals surface area contributed by atoms with Crippen molar-refractivity contribution in [1.29, 1.82) is 0 Å². The molecule has 3 aromatic rings. The summed E-state index contributed by atoms with van der Waals surface area (Å²) < 4.78 is 5.78. The summed E-state index contributed by atoms with van der Waals surface area (Å²) in [6.45, 7) is 4.39. The number of nitrogens with one attached hydrogen (secondary N) is 1. The van der Waals surface area contributed by atoms with Gasteiger partial charge in [0.05, 0.1) is 18.3 Å². The maximum absolute atomic E-state index is 12.1. The standard InChI is InChI=1S/C21H24N4O3S/c1-13(2)9-14-3-5-15(6-4-14)17-11-23-20(28-17)8-7-19(27)25-21-24-16(12-29-21)10-18(22)26/h3-6,11-13H,7-10H2,1-2H3,(H2,22,26)(H,24,25,27). The molecule has 0 aliphatic rings. The summed E-state index contributed by atoms with van der Waals surface area (Å²) in [7, 11) is 0. The number of nitrogens with zero attached hydrogens (tertiary/aromatic N) is 2. The van der Waals surface area contributed by atoms with Gasteiger partial charge in [0.1, 0.15) is 0 Å². The Morgan fingerprint density at radius 1 is 1.24 bits per heavy atom. The summed E-state index contributed by atoms with van der Waals surface area (Å²) in [5, 5.41) is 4.86. The fourth-order valence-electron chi connectivity index (χ4n) is 2.86. The van der Waals surface area contributed by atoms with Crippen LogP contribution in [0.3, 0.4) is 0 Å². The number of aromatic nitrogens is 2. The number of primary amides is 1. The number of oxazole rings is 1. The smallest absolute Gasteiger partial charge is 0.226 e. The molecular formula is C21H24N4O3S. The van der Waals surface area contributed by atoms with Crippen molar-refractivity contribution in [2.24, 2.45) is 11.7 Å². The molecule has 3 rings (SSSR count). The Labute approximate surface area is 173 Å². The molecule has 7 nitrogen and oxygen atoms in total. The van der Waals surface area contributed by atoms with Gasteiger partial charge in [0.15, 0.2) is 16.8 Å². The maximum Gasteiger partial charge on any atom is 0.226 e. The first-order valence-corrected chi connectivity index (χ1v) is 10.3. The van der Waals surface area contributed by atoms with Crippen LogP contribution in [0, 0.1) is 5.92 Å². The first-order valence-electron chi connectivity index (χ1n) is 9.45. The Morgan fingerprint density at radius 3 is 2.69 bits per heavy atom. The molecule has 0 radical (unpaired) electrons. The summed E-state index contributed by atoms with van der Waals surface area (Å²) in [5.74, 6) is 1.16. The van der Waals surface area contributed by atoms with E-state index in [4.69, 9.17) is 10.2 Å². The molecule has 0 spiro atoms. The summed E-state index contributed by atoms with van der Waals surface area (Å²) >= 11 is 1.26. The number of anilines is 1. The summed E-state index contributed by atoms with van der Waals surface area (Å²) in [6, 6.07) is 8.26. The molecule has 0 bridgehead atoms. The highest BCUT2D eigenvalue weighted by molar-refractivity contribution is 7.13. The first kappa shape index (κ1) is 20.7. The van der Waals surface area contributed by atoms with E-state index in [-0.39, 0.29) is 18.7 Å². The number of rotatable bonds is 9. The van der Waals surface area contributed by atoms with Crippen LogP contribution in [-0.4, -0.2) is 21.8 Å². The molecule has 152 valence electrons. The van der Waals surface area contributed by atoms with E-state index in [0.29, 0.717) is 34.8 Å². The number of thiazole rings is 1. The van der Waals surface area contributed by atoms with Crippen LogP contribution in [0.5, 0.6) is 0 Å². The zero-order chi connectivity index (χ0) is 20.8. The summed E-state index contributed by atoms with van der Waals surface area (Å²) in [4.78, 5) is 31.4. The lowest BCUT2D eigenvalue weighted by atomic mass is 10.0. The second kappa shape index (κ2) is 9.47. The van der Waals surface area contributed by atoms with Gasteiger partial charge in [-0.1, -0.05) is 38.1 Å². The Bertz CT molecular complexity index is 976. The predicted molar refractivity (Wildman–Crippen MR) is 112 cm³/mol. The molecule has 29 heavy (non-hydrogen) atoms. The van der Waals surface area contributed by atoms with Crippen LogP contribution in [0.15, 0.2) is 40.3 Å². The van der Waals surface area contributed by atoms with Gasteiger partial charge in [-0.15, -0.1) is 11.3 Å². The van der Waals surface area contributed by atoms with Gasteiger partial charge in [-0.25, -0.2) is 9.97 Å². The van der Waals surface area contributed by atoms with E-state index in [9.17, 15) is 9.59 Å². The van der Waals surface area contributed by atoms with E-state index in [0.717, 1.165) is 12.0 Å². The molecule has 2 amide bonds. The van der Waals surface area contributed by atoms with Gasteiger partial charge in [0.25, 0.3) is 0 Å². The third-order valence-corrected chi connectivity index (χ3v) is 4.96. The molecule has 0 saturated carbocycles. The SMILES string of the molecule is CC(C)Cc1ccc(-c2cnc(CCC(=O)Nc3nc(CC(N)=O)cs3)o2)cc1. The van der Waals surface area contributed by atoms with E-state index in [1.165, 1.54) is 16.9 Å². The topological polar surface area (TPSA) is 111 Å². The molecule has 0 fully saturated rings. The number of benzene rings is 1. The number of nitrogens with two attached hydrogens (primary N) is 1. The fourth-order valence-corrected chi connectivity index (χ4v) is 3.59. The van der Waals surface area contributed by atoms with Gasteiger partial charge >= 0.3 is 0 Å². The largest absolute Gasteiger partial charge is 0.441 e. The Hall–Kier alpha value is -3.00. The zero-order valence-corrected chi connectivity index (χ0v) is 17.3. The van der Waals surface area contributed by atoms with E-state index in [1.807, 2.05) is 12.1 Å². The van der Waals surface area contributed by atoms with Crippen LogP contribution in [0.25, 0.3) is 11.3 Å². The summed E-state index contributed by atoms with van der Waals surface area (Å²) in [6.07, 6.45) is 3.39. The number of carbonyl (C=O) groups excluding carboxylic acids is 2. The number of hydrogen-bond acceptors (Lipinski definition) is 6. The minimum Gasteiger partial charge on any atom is -0.441 e. The summed E-state index contributed by atoms with van der Waals surface area (Å²) in [5.41, 5.74) is 7.95. The monoisotopic (exact) mass is 412 g/mol. The van der Waals surface area contributed by atoms with Crippen molar-refractivity contribution in [3.63, 3.8) is 0 Å². The Kier molecular flexibility index (Phi) is 6.77. The highest BCUT2D eigenvalue weighted by Gasteiger charge is 2.12.